The SMILES string of the molecule is CCOC(=O)/C=C/c1cccc(S(=O)(=O)Nc2cccc(C(F)(F)F)c2)c1. The van der Waals surface area contributed by atoms with Crippen LogP contribution in [0, 0.1) is 0 Å². The summed E-state index contributed by atoms with van der Waals surface area (Å²) in [5.74, 6) is -0.576. The Bertz CT molecular complexity index is 953. The highest BCUT2D eigenvalue weighted by Gasteiger charge is 2.30. The number of benzene rings is 2. The van der Waals surface area contributed by atoms with Crippen molar-refractivity contribution in [3.05, 3.63) is 65.7 Å². The fourth-order valence-electron chi connectivity index (χ4n) is 2.11. The molecule has 2 aromatic rings. The second kappa shape index (κ2) is 8.26. The van der Waals surface area contributed by atoms with Gasteiger partial charge in [0.15, 0.2) is 0 Å². The minimum absolute atomic E-state index is 0.161. The van der Waals surface area contributed by atoms with Crippen LogP contribution < -0.4 is 4.72 Å². The topological polar surface area (TPSA) is 72.5 Å². The maximum atomic E-state index is 12.8. The Labute approximate surface area is 154 Å². The average molecular weight is 399 g/mol. The largest absolute Gasteiger partial charge is 0.463 e. The molecule has 0 amide bonds. The van der Waals surface area contributed by atoms with Crippen molar-refractivity contribution < 1.29 is 31.1 Å². The number of ether oxygens (including phenoxy) is 1. The van der Waals surface area contributed by atoms with Gasteiger partial charge >= 0.3 is 12.1 Å². The fraction of sp³-hybridized carbons (Fsp3) is 0.167. The number of halogens is 3. The van der Waals surface area contributed by atoms with Crippen molar-refractivity contribution >= 4 is 27.8 Å². The summed E-state index contributed by atoms with van der Waals surface area (Å²) in [5.41, 5.74) is -0.763. The van der Waals surface area contributed by atoms with Gasteiger partial charge < -0.3 is 4.74 Å². The summed E-state index contributed by atoms with van der Waals surface area (Å²) in [6.45, 7) is 1.86. The first kappa shape index (κ1) is 20.5. The molecule has 2 rings (SSSR count). The average Bonchev–Trinajstić information content (AvgIpc) is 2.60. The molecule has 0 heterocycles. The van der Waals surface area contributed by atoms with Gasteiger partial charge in [-0.15, -0.1) is 0 Å². The minimum Gasteiger partial charge on any atom is -0.463 e. The van der Waals surface area contributed by atoms with Crippen molar-refractivity contribution in [1.82, 2.24) is 0 Å². The molecule has 0 aliphatic heterocycles. The maximum Gasteiger partial charge on any atom is 0.416 e. The summed E-state index contributed by atoms with van der Waals surface area (Å²) in [4.78, 5) is 11.2. The molecule has 1 N–H and O–H groups in total. The quantitative estimate of drug-likeness (QED) is 0.587. The Balaban J connectivity index is 2.25. The van der Waals surface area contributed by atoms with Gasteiger partial charge in [-0.25, -0.2) is 13.2 Å². The first-order valence-electron chi connectivity index (χ1n) is 7.77. The van der Waals surface area contributed by atoms with E-state index in [0.717, 1.165) is 18.2 Å². The van der Waals surface area contributed by atoms with Crippen LogP contribution in [0.5, 0.6) is 0 Å². The minimum atomic E-state index is -4.58. The predicted octanol–water partition coefficient (Wildman–Crippen LogP) is 4.08. The number of sulfonamides is 1. The second-order valence-electron chi connectivity index (χ2n) is 5.34. The van der Waals surface area contributed by atoms with Gasteiger partial charge in [-0.3, -0.25) is 4.72 Å². The summed E-state index contributed by atoms with van der Waals surface area (Å²) < 4.78 is 70.0. The van der Waals surface area contributed by atoms with Crippen LogP contribution in [0.15, 0.2) is 59.5 Å². The van der Waals surface area contributed by atoms with E-state index in [4.69, 9.17) is 4.74 Å². The fourth-order valence-corrected chi connectivity index (χ4v) is 3.22. The maximum absolute atomic E-state index is 12.8. The van der Waals surface area contributed by atoms with Crippen LogP contribution in [0.25, 0.3) is 6.08 Å². The molecule has 0 aromatic heterocycles. The lowest BCUT2D eigenvalue weighted by Crippen LogP contribution is -2.14. The predicted molar refractivity (Wildman–Crippen MR) is 94.4 cm³/mol. The first-order chi connectivity index (χ1) is 12.6. The summed E-state index contributed by atoms with van der Waals surface area (Å²) >= 11 is 0. The van der Waals surface area contributed by atoms with E-state index in [9.17, 15) is 26.4 Å². The van der Waals surface area contributed by atoms with Crippen LogP contribution in [0.1, 0.15) is 18.1 Å². The zero-order chi connectivity index (χ0) is 20.1. The number of alkyl halides is 3. The molecular weight excluding hydrogens is 383 g/mol. The number of anilines is 1. The van der Waals surface area contributed by atoms with E-state index in [0.29, 0.717) is 11.6 Å². The number of carbonyl (C=O) groups is 1. The van der Waals surface area contributed by atoms with Crippen LogP contribution >= 0.6 is 0 Å². The van der Waals surface area contributed by atoms with E-state index in [1.165, 1.54) is 30.3 Å². The van der Waals surface area contributed by atoms with Gasteiger partial charge in [0.1, 0.15) is 0 Å². The van der Waals surface area contributed by atoms with E-state index in [1.54, 1.807) is 13.0 Å². The van der Waals surface area contributed by atoms with Gasteiger partial charge in [-0.05, 0) is 48.9 Å². The smallest absolute Gasteiger partial charge is 0.416 e. The molecule has 0 atom stereocenters. The molecule has 9 heteroatoms. The summed E-state index contributed by atoms with van der Waals surface area (Å²) in [7, 11) is -4.11. The number of esters is 1. The Morgan fingerprint density at radius 3 is 2.52 bits per heavy atom. The Kier molecular flexibility index (Phi) is 6.27. The lowest BCUT2D eigenvalue weighted by molar-refractivity contribution is -0.138. The zero-order valence-corrected chi connectivity index (χ0v) is 15.0. The molecule has 144 valence electrons. The van der Waals surface area contributed by atoms with Crippen LogP contribution in [-0.2, 0) is 25.7 Å². The molecule has 27 heavy (non-hydrogen) atoms. The van der Waals surface area contributed by atoms with Gasteiger partial charge in [0.05, 0.1) is 17.1 Å². The number of rotatable bonds is 6. The van der Waals surface area contributed by atoms with Crippen LogP contribution in [-0.4, -0.2) is 21.0 Å². The van der Waals surface area contributed by atoms with E-state index in [1.807, 2.05) is 0 Å². The van der Waals surface area contributed by atoms with Crippen molar-refractivity contribution in [2.45, 2.75) is 18.0 Å². The van der Waals surface area contributed by atoms with Crippen LogP contribution in [0.4, 0.5) is 18.9 Å². The number of hydrogen-bond donors (Lipinski definition) is 1. The zero-order valence-electron chi connectivity index (χ0n) is 14.2. The second-order valence-corrected chi connectivity index (χ2v) is 7.02. The third kappa shape index (κ3) is 5.85. The summed E-state index contributed by atoms with van der Waals surface area (Å²) in [6.07, 6.45) is -2.06. The molecule has 0 fully saturated rings. The van der Waals surface area contributed by atoms with Gasteiger partial charge in [-0.2, -0.15) is 13.2 Å². The van der Waals surface area contributed by atoms with Gasteiger partial charge in [0.25, 0.3) is 10.0 Å². The Morgan fingerprint density at radius 2 is 1.85 bits per heavy atom. The molecule has 0 saturated carbocycles. The van der Waals surface area contributed by atoms with Gasteiger partial charge in [-0.1, -0.05) is 18.2 Å². The highest BCUT2D eigenvalue weighted by atomic mass is 32.2. The van der Waals surface area contributed by atoms with E-state index in [2.05, 4.69) is 4.72 Å². The molecule has 5 nitrogen and oxygen atoms in total. The van der Waals surface area contributed by atoms with Crippen molar-refractivity contribution in [2.24, 2.45) is 0 Å². The lowest BCUT2D eigenvalue weighted by Gasteiger charge is -2.11. The number of hydrogen-bond acceptors (Lipinski definition) is 4. The van der Waals surface area contributed by atoms with E-state index < -0.39 is 27.7 Å². The Morgan fingerprint density at radius 1 is 1.15 bits per heavy atom. The molecule has 0 aliphatic rings. The van der Waals surface area contributed by atoms with Crippen molar-refractivity contribution in [3.63, 3.8) is 0 Å². The van der Waals surface area contributed by atoms with E-state index in [-0.39, 0.29) is 17.2 Å². The standard InChI is InChI=1S/C18H16F3NO4S/c1-2-26-17(23)10-9-13-5-3-8-16(11-13)27(24,25)22-15-7-4-6-14(12-15)18(19,20)21/h3-12,22H,2H2,1H3/b10-9+. The molecule has 0 bridgehead atoms. The highest BCUT2D eigenvalue weighted by Crippen LogP contribution is 2.31. The molecule has 0 radical (unpaired) electrons. The van der Waals surface area contributed by atoms with Crippen molar-refractivity contribution in [1.29, 1.82) is 0 Å². The van der Waals surface area contributed by atoms with E-state index >= 15 is 0 Å². The normalized spacial score (nSPS) is 12.1. The van der Waals surface area contributed by atoms with Crippen molar-refractivity contribution in [3.8, 4) is 0 Å². The highest BCUT2D eigenvalue weighted by molar-refractivity contribution is 7.92. The summed E-state index contributed by atoms with van der Waals surface area (Å²) in [6, 6.07) is 9.48. The van der Waals surface area contributed by atoms with Gasteiger partial charge in [0, 0.05) is 11.8 Å². The molecule has 0 aliphatic carbocycles. The number of carbonyl (C=O) groups excluding carboxylic acids is 1. The van der Waals surface area contributed by atoms with Crippen molar-refractivity contribution in [2.75, 3.05) is 11.3 Å². The summed E-state index contributed by atoms with van der Waals surface area (Å²) in [5, 5.41) is 0. The lowest BCUT2D eigenvalue weighted by atomic mass is 10.2. The van der Waals surface area contributed by atoms with Crippen LogP contribution in [0.3, 0.4) is 0 Å². The molecule has 0 saturated heterocycles. The number of nitrogens with one attached hydrogen (secondary N) is 1. The monoisotopic (exact) mass is 399 g/mol. The third-order valence-electron chi connectivity index (χ3n) is 3.31. The van der Waals surface area contributed by atoms with Crippen LogP contribution in [0.2, 0.25) is 0 Å². The molecule has 2 aromatic carbocycles. The third-order valence-corrected chi connectivity index (χ3v) is 4.69. The Hall–Kier alpha value is -2.81. The molecular formula is C18H16F3NO4S. The molecule has 0 spiro atoms. The molecule has 0 unspecified atom stereocenters. The first-order valence-corrected chi connectivity index (χ1v) is 9.25. The van der Waals surface area contributed by atoms with Gasteiger partial charge in [0.2, 0.25) is 0 Å².